The molecule has 0 aliphatic heterocycles. The van der Waals surface area contributed by atoms with Crippen LogP contribution < -0.4 is 5.56 Å². The Morgan fingerprint density at radius 1 is 1.04 bits per heavy atom. The lowest BCUT2D eigenvalue weighted by molar-refractivity contribution is 0.572. The second kappa shape index (κ2) is 5.15. The zero-order chi connectivity index (χ0) is 16.3. The van der Waals surface area contributed by atoms with E-state index in [2.05, 4.69) is 4.98 Å². The lowest BCUT2D eigenvalue weighted by Crippen LogP contribution is -2.26. The first-order valence-electron chi connectivity index (χ1n) is 8.34. The Kier molecular flexibility index (Phi) is 3.04. The summed E-state index contributed by atoms with van der Waals surface area (Å²) in [6, 6.07) is 11.1. The van der Waals surface area contributed by atoms with Gasteiger partial charge in [0.2, 0.25) is 0 Å². The van der Waals surface area contributed by atoms with Crippen molar-refractivity contribution in [3.8, 4) is 5.69 Å². The summed E-state index contributed by atoms with van der Waals surface area (Å²) in [5.41, 5.74) is 1.81. The molecular formula is C19H16ClN3O. The van der Waals surface area contributed by atoms with Gasteiger partial charge in [0.1, 0.15) is 5.82 Å². The molecule has 2 aliphatic carbocycles. The lowest BCUT2D eigenvalue weighted by atomic mass is 10.0. The number of hydrogen-bond acceptors (Lipinski definition) is 3. The topological polar surface area (TPSA) is 47.8 Å². The number of halogens is 1. The Morgan fingerprint density at radius 2 is 1.79 bits per heavy atom. The summed E-state index contributed by atoms with van der Waals surface area (Å²) in [6.07, 6.45) is 5.26. The van der Waals surface area contributed by atoms with Crippen molar-refractivity contribution in [3.63, 3.8) is 0 Å². The molecule has 1 unspecified atom stereocenters. The van der Waals surface area contributed by atoms with Crippen molar-refractivity contribution in [2.24, 2.45) is 11.8 Å². The van der Waals surface area contributed by atoms with Gasteiger partial charge in [-0.25, -0.2) is 9.97 Å². The van der Waals surface area contributed by atoms with Crippen LogP contribution in [0.4, 0.5) is 0 Å². The van der Waals surface area contributed by atoms with Crippen molar-refractivity contribution in [2.75, 3.05) is 0 Å². The molecule has 4 nitrogen and oxygen atoms in total. The number of hydrogen-bond donors (Lipinski definition) is 0. The van der Waals surface area contributed by atoms with Crippen molar-refractivity contribution >= 4 is 22.6 Å². The van der Waals surface area contributed by atoms with E-state index < -0.39 is 0 Å². The van der Waals surface area contributed by atoms with E-state index in [0.717, 1.165) is 36.2 Å². The number of pyridine rings is 1. The minimum Gasteiger partial charge on any atom is -0.266 e. The molecule has 0 radical (unpaired) electrons. The highest BCUT2D eigenvalue weighted by Gasteiger charge is 2.47. The lowest BCUT2D eigenvalue weighted by Gasteiger charge is -2.18. The number of aromatic nitrogens is 3. The van der Waals surface area contributed by atoms with E-state index in [9.17, 15) is 4.79 Å². The van der Waals surface area contributed by atoms with Gasteiger partial charge in [-0.2, -0.15) is 0 Å². The van der Waals surface area contributed by atoms with E-state index in [4.69, 9.17) is 16.6 Å². The molecule has 2 fully saturated rings. The maximum Gasteiger partial charge on any atom is 0.284 e. The Labute approximate surface area is 144 Å². The monoisotopic (exact) mass is 337 g/mol. The van der Waals surface area contributed by atoms with E-state index in [1.54, 1.807) is 10.8 Å². The number of rotatable bonds is 2. The number of fused-ring (bicyclic) bond motifs is 2. The van der Waals surface area contributed by atoms with Gasteiger partial charge in [-0.1, -0.05) is 11.6 Å². The quantitative estimate of drug-likeness (QED) is 0.711. The maximum absolute atomic E-state index is 13.1. The minimum absolute atomic E-state index is 0.0986. The summed E-state index contributed by atoms with van der Waals surface area (Å²) in [4.78, 5) is 22.2. The minimum atomic E-state index is -0.0986. The van der Waals surface area contributed by atoms with Gasteiger partial charge in [-0.15, -0.1) is 0 Å². The number of nitrogens with zero attached hydrogens (tertiary/aromatic N) is 3. The van der Waals surface area contributed by atoms with Gasteiger partial charge in [-0.05, 0) is 67.5 Å². The van der Waals surface area contributed by atoms with Crippen LogP contribution in [-0.4, -0.2) is 14.5 Å². The fraction of sp³-hybridized carbons (Fsp3) is 0.316. The van der Waals surface area contributed by atoms with Crippen LogP contribution in [0.3, 0.4) is 0 Å². The molecule has 2 heterocycles. The summed E-state index contributed by atoms with van der Waals surface area (Å²) in [5.74, 6) is 2.88. The molecular weight excluding hydrogens is 322 g/mol. The van der Waals surface area contributed by atoms with Crippen molar-refractivity contribution in [1.29, 1.82) is 0 Å². The van der Waals surface area contributed by atoms with Crippen LogP contribution in [0.15, 0.2) is 47.4 Å². The van der Waals surface area contributed by atoms with E-state index >= 15 is 0 Å². The van der Waals surface area contributed by atoms with Crippen LogP contribution in [0.1, 0.15) is 31.0 Å². The molecule has 0 spiro atoms. The van der Waals surface area contributed by atoms with Crippen LogP contribution in [0.2, 0.25) is 5.02 Å². The summed E-state index contributed by atoms with van der Waals surface area (Å²) < 4.78 is 1.74. The molecule has 120 valence electrons. The van der Waals surface area contributed by atoms with Crippen molar-refractivity contribution in [2.45, 2.75) is 25.2 Å². The molecule has 5 heteroatoms. The highest BCUT2D eigenvalue weighted by atomic mass is 35.5. The van der Waals surface area contributed by atoms with Gasteiger partial charge >= 0.3 is 0 Å². The summed E-state index contributed by atoms with van der Waals surface area (Å²) >= 11 is 6.01. The predicted octanol–water partition coefficient (Wildman–Crippen LogP) is 3.95. The van der Waals surface area contributed by atoms with Gasteiger partial charge in [-0.3, -0.25) is 9.36 Å². The maximum atomic E-state index is 13.1. The zero-order valence-electron chi connectivity index (χ0n) is 13.0. The third kappa shape index (κ3) is 2.17. The molecule has 2 aliphatic rings. The second-order valence-electron chi connectivity index (χ2n) is 6.88. The van der Waals surface area contributed by atoms with Crippen molar-refractivity contribution in [1.82, 2.24) is 14.5 Å². The fourth-order valence-corrected chi connectivity index (χ4v) is 4.20. The highest BCUT2D eigenvalue weighted by molar-refractivity contribution is 6.30. The first kappa shape index (κ1) is 14.2. The summed E-state index contributed by atoms with van der Waals surface area (Å²) in [7, 11) is 0. The predicted molar refractivity (Wildman–Crippen MR) is 93.7 cm³/mol. The van der Waals surface area contributed by atoms with Gasteiger partial charge < -0.3 is 0 Å². The van der Waals surface area contributed by atoms with Crippen LogP contribution in [0, 0.1) is 11.8 Å². The molecule has 5 rings (SSSR count). The van der Waals surface area contributed by atoms with E-state index in [1.165, 1.54) is 6.42 Å². The molecule has 2 aromatic heterocycles. The summed E-state index contributed by atoms with van der Waals surface area (Å²) in [5, 5.41) is 0.655. The summed E-state index contributed by atoms with van der Waals surface area (Å²) in [6.45, 7) is 0. The van der Waals surface area contributed by atoms with E-state index in [1.807, 2.05) is 36.4 Å². The van der Waals surface area contributed by atoms with Gasteiger partial charge in [0.05, 0.1) is 11.2 Å². The molecule has 0 saturated heterocycles. The van der Waals surface area contributed by atoms with Crippen molar-refractivity contribution in [3.05, 3.63) is 63.8 Å². The van der Waals surface area contributed by atoms with Crippen LogP contribution in [-0.2, 0) is 0 Å². The first-order valence-corrected chi connectivity index (χ1v) is 8.72. The molecule has 2 saturated carbocycles. The zero-order valence-corrected chi connectivity index (χ0v) is 13.8. The molecule has 3 atom stereocenters. The molecule has 1 aromatic carbocycles. The Morgan fingerprint density at radius 3 is 2.54 bits per heavy atom. The van der Waals surface area contributed by atoms with Crippen LogP contribution in [0.25, 0.3) is 16.7 Å². The Bertz CT molecular complexity index is 986. The molecule has 3 aromatic rings. The third-order valence-corrected chi connectivity index (χ3v) is 5.60. The van der Waals surface area contributed by atoms with Gasteiger partial charge in [0, 0.05) is 17.1 Å². The molecule has 24 heavy (non-hydrogen) atoms. The first-order chi connectivity index (χ1) is 11.7. The van der Waals surface area contributed by atoms with Crippen LogP contribution >= 0.6 is 11.6 Å². The number of benzene rings is 1. The van der Waals surface area contributed by atoms with Crippen LogP contribution in [0.5, 0.6) is 0 Å². The SMILES string of the molecule is O=c1c2ncccc2nc(C2C[C@@H]3C[C@@H]3C2)n1-c1ccc(Cl)cc1. The standard InChI is InChI=1S/C19H16ClN3O/c20-14-3-5-15(6-4-14)23-18(13-9-11-8-12(11)10-13)22-16-2-1-7-21-17(16)19(23)24/h1-7,11-13H,8-10H2/t11-,12+,13?. The largest absolute Gasteiger partial charge is 0.284 e. The Balaban J connectivity index is 1.77. The van der Waals surface area contributed by atoms with Crippen molar-refractivity contribution < 1.29 is 0 Å². The average Bonchev–Trinajstić information content (AvgIpc) is 3.21. The van der Waals surface area contributed by atoms with E-state index in [-0.39, 0.29) is 5.56 Å². The van der Waals surface area contributed by atoms with E-state index in [0.29, 0.717) is 22.0 Å². The third-order valence-electron chi connectivity index (χ3n) is 5.35. The van der Waals surface area contributed by atoms with Gasteiger partial charge in [0.25, 0.3) is 5.56 Å². The normalized spacial score (nSPS) is 25.0. The highest BCUT2D eigenvalue weighted by Crippen LogP contribution is 2.57. The Hall–Kier alpha value is -2.20. The van der Waals surface area contributed by atoms with Gasteiger partial charge in [0.15, 0.2) is 5.52 Å². The molecule has 0 N–H and O–H groups in total. The second-order valence-corrected chi connectivity index (χ2v) is 7.32. The molecule has 0 amide bonds. The average molecular weight is 338 g/mol. The smallest absolute Gasteiger partial charge is 0.266 e. The fourth-order valence-electron chi connectivity index (χ4n) is 4.07. The molecule has 0 bridgehead atoms.